The third-order valence-electron chi connectivity index (χ3n) is 4.98. The third kappa shape index (κ3) is 4.49. The predicted molar refractivity (Wildman–Crippen MR) is 124 cm³/mol. The molecule has 2 aromatic carbocycles. The molecule has 1 aliphatic heterocycles. The normalized spacial score (nSPS) is 15.6. The van der Waals surface area contributed by atoms with Crippen LogP contribution in [-0.4, -0.2) is 31.7 Å². The summed E-state index contributed by atoms with van der Waals surface area (Å²) in [5.41, 5.74) is 1.91. The van der Waals surface area contributed by atoms with Gasteiger partial charge in [0.1, 0.15) is 0 Å². The van der Waals surface area contributed by atoms with Crippen LogP contribution in [0.15, 0.2) is 57.2 Å². The standard InChI is InChI=1S/C20H17BrCl2N2O2S2/c21-14-3-6-19(17(23)11-14)29(26,27)16-7-9-25(10-8-16)20-24-18(12-28-20)13-1-4-15(22)5-2-13/h1-6,11-12,16H,7-10H2. The number of piperidine rings is 1. The lowest BCUT2D eigenvalue weighted by atomic mass is 10.1. The highest BCUT2D eigenvalue weighted by Crippen LogP contribution is 2.34. The molecule has 0 saturated carbocycles. The van der Waals surface area contributed by atoms with E-state index >= 15 is 0 Å². The van der Waals surface area contributed by atoms with Gasteiger partial charge in [-0.1, -0.05) is 51.3 Å². The molecule has 1 saturated heterocycles. The number of nitrogens with zero attached hydrogens (tertiary/aromatic N) is 2. The summed E-state index contributed by atoms with van der Waals surface area (Å²) in [6, 6.07) is 12.5. The maximum Gasteiger partial charge on any atom is 0.185 e. The van der Waals surface area contributed by atoms with Crippen molar-refractivity contribution in [2.45, 2.75) is 23.0 Å². The van der Waals surface area contributed by atoms with E-state index in [-0.39, 0.29) is 9.92 Å². The Hall–Kier alpha value is -1.12. The van der Waals surface area contributed by atoms with E-state index in [9.17, 15) is 8.42 Å². The van der Waals surface area contributed by atoms with E-state index in [1.807, 2.05) is 29.6 Å². The average Bonchev–Trinajstić information content (AvgIpc) is 3.18. The largest absolute Gasteiger partial charge is 0.348 e. The van der Waals surface area contributed by atoms with Gasteiger partial charge in [0.05, 0.1) is 20.9 Å². The van der Waals surface area contributed by atoms with Crippen LogP contribution in [0.3, 0.4) is 0 Å². The SMILES string of the molecule is O=S(=O)(c1ccc(Br)cc1Cl)C1CCN(c2nc(-c3ccc(Cl)cc3)cs2)CC1. The summed E-state index contributed by atoms with van der Waals surface area (Å²) in [6.07, 6.45) is 1.09. The van der Waals surface area contributed by atoms with Gasteiger partial charge in [-0.2, -0.15) is 0 Å². The van der Waals surface area contributed by atoms with Crippen LogP contribution in [0.1, 0.15) is 12.8 Å². The van der Waals surface area contributed by atoms with Crippen molar-refractivity contribution in [3.05, 3.63) is 62.4 Å². The highest BCUT2D eigenvalue weighted by molar-refractivity contribution is 9.10. The summed E-state index contributed by atoms with van der Waals surface area (Å²) >= 11 is 17.0. The molecule has 0 N–H and O–H groups in total. The van der Waals surface area contributed by atoms with Gasteiger partial charge in [0.2, 0.25) is 0 Å². The van der Waals surface area contributed by atoms with E-state index in [1.165, 1.54) is 0 Å². The summed E-state index contributed by atoms with van der Waals surface area (Å²) < 4.78 is 26.8. The number of hydrogen-bond donors (Lipinski definition) is 0. The first-order valence-electron chi connectivity index (χ1n) is 9.00. The molecule has 3 aromatic rings. The molecule has 4 nitrogen and oxygen atoms in total. The molecule has 0 bridgehead atoms. The highest BCUT2D eigenvalue weighted by atomic mass is 79.9. The smallest absolute Gasteiger partial charge is 0.185 e. The lowest BCUT2D eigenvalue weighted by Crippen LogP contribution is -2.39. The fourth-order valence-electron chi connectivity index (χ4n) is 3.41. The molecule has 152 valence electrons. The first-order chi connectivity index (χ1) is 13.8. The molecular formula is C20H17BrCl2N2O2S2. The van der Waals surface area contributed by atoms with Gasteiger partial charge in [-0.15, -0.1) is 11.3 Å². The lowest BCUT2D eigenvalue weighted by Gasteiger charge is -2.31. The van der Waals surface area contributed by atoms with Crippen molar-refractivity contribution in [3.8, 4) is 11.3 Å². The number of anilines is 1. The molecule has 0 amide bonds. The number of benzene rings is 2. The number of thiazole rings is 1. The average molecular weight is 532 g/mol. The Morgan fingerprint density at radius 1 is 1.07 bits per heavy atom. The van der Waals surface area contributed by atoms with Gasteiger partial charge < -0.3 is 4.90 Å². The zero-order valence-corrected chi connectivity index (χ0v) is 19.9. The minimum absolute atomic E-state index is 0.208. The Kier molecular flexibility index (Phi) is 6.23. The zero-order valence-electron chi connectivity index (χ0n) is 15.2. The summed E-state index contributed by atoms with van der Waals surface area (Å²) in [5, 5.41) is 3.44. The molecule has 0 unspecified atom stereocenters. The second-order valence-electron chi connectivity index (χ2n) is 6.83. The molecule has 0 spiro atoms. The molecule has 1 fully saturated rings. The maximum atomic E-state index is 13.0. The molecule has 4 rings (SSSR count). The first kappa shape index (κ1) is 21.1. The second kappa shape index (κ2) is 8.55. The van der Waals surface area contributed by atoms with E-state index in [1.54, 1.807) is 29.5 Å². The van der Waals surface area contributed by atoms with Gasteiger partial charge in [-0.05, 0) is 43.2 Å². The zero-order chi connectivity index (χ0) is 20.6. The van der Waals surface area contributed by atoms with Gasteiger partial charge >= 0.3 is 0 Å². The summed E-state index contributed by atoms with van der Waals surface area (Å²) in [6.45, 7) is 1.29. The van der Waals surface area contributed by atoms with Crippen molar-refractivity contribution >= 4 is 65.4 Å². The summed E-state index contributed by atoms with van der Waals surface area (Å²) in [4.78, 5) is 7.09. The van der Waals surface area contributed by atoms with Gasteiger partial charge in [-0.3, -0.25) is 0 Å². The minimum atomic E-state index is -3.47. The van der Waals surface area contributed by atoms with Crippen LogP contribution < -0.4 is 4.90 Å². The van der Waals surface area contributed by atoms with E-state index in [2.05, 4.69) is 20.8 Å². The van der Waals surface area contributed by atoms with E-state index in [0.717, 1.165) is 20.9 Å². The Labute approximate surface area is 192 Å². The minimum Gasteiger partial charge on any atom is -0.348 e. The number of aromatic nitrogens is 1. The molecule has 1 aliphatic rings. The highest BCUT2D eigenvalue weighted by Gasteiger charge is 2.33. The van der Waals surface area contributed by atoms with Crippen molar-refractivity contribution < 1.29 is 8.42 Å². The van der Waals surface area contributed by atoms with Crippen molar-refractivity contribution in [1.29, 1.82) is 0 Å². The van der Waals surface area contributed by atoms with Gasteiger partial charge in [0.15, 0.2) is 15.0 Å². The number of rotatable bonds is 4. The quantitative estimate of drug-likeness (QED) is 0.395. The summed E-state index contributed by atoms with van der Waals surface area (Å²) in [7, 11) is -3.47. The molecule has 29 heavy (non-hydrogen) atoms. The van der Waals surface area contributed by atoms with Crippen LogP contribution in [0.5, 0.6) is 0 Å². The molecule has 0 aliphatic carbocycles. The lowest BCUT2D eigenvalue weighted by molar-refractivity contribution is 0.529. The van der Waals surface area contributed by atoms with Crippen LogP contribution >= 0.6 is 50.5 Å². The Morgan fingerprint density at radius 3 is 2.41 bits per heavy atom. The van der Waals surface area contributed by atoms with Crippen LogP contribution in [0.2, 0.25) is 10.0 Å². The summed E-state index contributed by atoms with van der Waals surface area (Å²) in [5.74, 6) is 0. The Morgan fingerprint density at radius 2 is 1.76 bits per heavy atom. The van der Waals surface area contributed by atoms with Gasteiger partial charge in [-0.25, -0.2) is 13.4 Å². The van der Waals surface area contributed by atoms with Crippen LogP contribution in [-0.2, 0) is 9.84 Å². The molecule has 2 heterocycles. The van der Waals surface area contributed by atoms with E-state index in [0.29, 0.717) is 31.0 Å². The fraction of sp³-hybridized carbons (Fsp3) is 0.250. The van der Waals surface area contributed by atoms with Gasteiger partial charge in [0.25, 0.3) is 0 Å². The van der Waals surface area contributed by atoms with Crippen LogP contribution in [0, 0.1) is 0 Å². The maximum absolute atomic E-state index is 13.0. The Bertz CT molecular complexity index is 1130. The van der Waals surface area contributed by atoms with Crippen LogP contribution in [0.25, 0.3) is 11.3 Å². The number of sulfone groups is 1. The van der Waals surface area contributed by atoms with Crippen molar-refractivity contribution in [2.75, 3.05) is 18.0 Å². The number of halogens is 3. The van der Waals surface area contributed by atoms with Crippen molar-refractivity contribution in [3.63, 3.8) is 0 Å². The molecule has 0 atom stereocenters. The van der Waals surface area contributed by atoms with Crippen LogP contribution in [0.4, 0.5) is 5.13 Å². The van der Waals surface area contributed by atoms with Gasteiger partial charge in [0, 0.05) is 33.5 Å². The van der Waals surface area contributed by atoms with E-state index in [4.69, 9.17) is 28.2 Å². The first-order valence-corrected chi connectivity index (χ1v) is 13.0. The monoisotopic (exact) mass is 530 g/mol. The number of hydrogen-bond acceptors (Lipinski definition) is 5. The molecule has 0 radical (unpaired) electrons. The molecule has 9 heteroatoms. The Balaban J connectivity index is 1.46. The van der Waals surface area contributed by atoms with Crippen molar-refractivity contribution in [1.82, 2.24) is 4.98 Å². The fourth-order valence-corrected chi connectivity index (χ4v) is 7.20. The second-order valence-corrected chi connectivity index (χ2v) is 11.6. The predicted octanol–water partition coefficient (Wildman–Crippen LogP) is 6.32. The topological polar surface area (TPSA) is 50.3 Å². The molecular weight excluding hydrogens is 515 g/mol. The van der Waals surface area contributed by atoms with Crippen molar-refractivity contribution in [2.24, 2.45) is 0 Å². The third-order valence-corrected chi connectivity index (χ3v) is 9.37. The van der Waals surface area contributed by atoms with E-state index < -0.39 is 15.1 Å². The molecule has 1 aromatic heterocycles.